The molecule has 106 valence electrons. The van der Waals surface area contributed by atoms with Crippen molar-refractivity contribution in [1.29, 1.82) is 0 Å². The zero-order chi connectivity index (χ0) is 14.5. The largest absolute Gasteiger partial charge is 0.406 e. The number of hydrogen-bond donors (Lipinski definition) is 0. The Balaban J connectivity index is 2.37. The molecule has 0 aliphatic heterocycles. The van der Waals surface area contributed by atoms with Crippen molar-refractivity contribution in [2.24, 2.45) is 0 Å². The number of thioether (sulfide) groups is 1. The molecule has 0 spiro atoms. The molecule has 1 rings (SSSR count). The zero-order valence-corrected chi connectivity index (χ0v) is 11.6. The van der Waals surface area contributed by atoms with Crippen molar-refractivity contribution >= 4 is 17.7 Å². The summed E-state index contributed by atoms with van der Waals surface area (Å²) in [7, 11) is 1.17. The Morgan fingerprint density at radius 1 is 1.32 bits per heavy atom. The van der Waals surface area contributed by atoms with Crippen LogP contribution in [0, 0.1) is 6.92 Å². The highest BCUT2D eigenvalue weighted by Gasteiger charge is 2.30. The molecule has 0 heterocycles. The van der Waals surface area contributed by atoms with Crippen molar-refractivity contribution in [2.45, 2.75) is 18.9 Å². The Bertz CT molecular complexity index is 434. The van der Waals surface area contributed by atoms with Crippen LogP contribution in [-0.2, 0) is 10.5 Å². The van der Waals surface area contributed by atoms with Crippen LogP contribution in [0.2, 0.25) is 0 Å². The zero-order valence-electron chi connectivity index (χ0n) is 10.8. The van der Waals surface area contributed by atoms with Crippen LogP contribution in [-0.4, -0.2) is 36.3 Å². The van der Waals surface area contributed by atoms with Gasteiger partial charge >= 0.3 is 6.18 Å². The van der Waals surface area contributed by atoms with Gasteiger partial charge in [-0.05, 0) is 18.1 Å². The first-order valence-corrected chi connectivity index (χ1v) is 6.88. The number of carbonyl (C=O) groups is 1. The van der Waals surface area contributed by atoms with Crippen LogP contribution in [0.4, 0.5) is 13.2 Å². The fourth-order valence-electron chi connectivity index (χ4n) is 1.49. The average Bonchev–Trinajstić information content (AvgIpc) is 2.29. The Labute approximate surface area is 115 Å². The lowest BCUT2D eigenvalue weighted by atomic mass is 10.1. The molecule has 0 aromatic heterocycles. The molecule has 0 atom stereocenters. The first-order valence-electron chi connectivity index (χ1n) is 5.72. The lowest BCUT2D eigenvalue weighted by Gasteiger charge is -2.18. The van der Waals surface area contributed by atoms with Gasteiger partial charge in [-0.2, -0.15) is 13.2 Å². The molecule has 0 saturated carbocycles. The molecule has 1 amide bonds. The van der Waals surface area contributed by atoms with Crippen LogP contribution in [0.25, 0.3) is 0 Å². The highest BCUT2D eigenvalue weighted by molar-refractivity contribution is 7.99. The number of nitrogens with zero attached hydrogens (tertiary/aromatic N) is 1. The second-order valence-electron chi connectivity index (χ2n) is 4.28. The molecule has 0 fully saturated rings. The molecule has 0 unspecified atom stereocenters. The summed E-state index contributed by atoms with van der Waals surface area (Å²) in [5.41, 5.74) is 2.21. The molecular formula is C13H16F3NOS. The van der Waals surface area contributed by atoms with Crippen LogP contribution in [0.1, 0.15) is 11.1 Å². The molecule has 6 heteroatoms. The summed E-state index contributed by atoms with van der Waals surface area (Å²) in [6.07, 6.45) is -4.34. The van der Waals surface area contributed by atoms with Crippen molar-refractivity contribution in [3.63, 3.8) is 0 Å². The van der Waals surface area contributed by atoms with E-state index in [1.165, 1.54) is 18.8 Å². The van der Waals surface area contributed by atoms with E-state index in [2.05, 4.69) is 0 Å². The van der Waals surface area contributed by atoms with Crippen molar-refractivity contribution in [3.8, 4) is 0 Å². The Morgan fingerprint density at radius 2 is 1.95 bits per heavy atom. The average molecular weight is 291 g/mol. The van der Waals surface area contributed by atoms with Crippen LogP contribution < -0.4 is 0 Å². The number of benzene rings is 1. The summed E-state index contributed by atoms with van der Waals surface area (Å²) < 4.78 is 36.3. The molecule has 0 saturated heterocycles. The maximum absolute atomic E-state index is 12.1. The van der Waals surface area contributed by atoms with E-state index >= 15 is 0 Å². The maximum atomic E-state index is 12.1. The molecule has 19 heavy (non-hydrogen) atoms. The van der Waals surface area contributed by atoms with E-state index < -0.39 is 18.6 Å². The van der Waals surface area contributed by atoms with E-state index in [0.717, 1.165) is 11.1 Å². The fraction of sp³-hybridized carbons (Fsp3) is 0.462. The standard InChI is InChI=1S/C13H16F3NOS/c1-10-5-3-4-6-11(10)7-19-8-12(18)17(2)9-13(14,15)16/h3-6H,7-9H2,1-2H3. The van der Waals surface area contributed by atoms with E-state index in [1.54, 1.807) is 0 Å². The molecular weight excluding hydrogens is 275 g/mol. The maximum Gasteiger partial charge on any atom is 0.406 e. The lowest BCUT2D eigenvalue weighted by molar-refractivity contribution is -0.156. The number of halogens is 3. The summed E-state index contributed by atoms with van der Waals surface area (Å²) in [6.45, 7) is 0.768. The van der Waals surface area contributed by atoms with E-state index in [1.807, 2.05) is 31.2 Å². The van der Waals surface area contributed by atoms with Gasteiger partial charge < -0.3 is 4.90 Å². The molecule has 0 N–H and O–H groups in total. The third-order valence-corrected chi connectivity index (χ3v) is 3.55. The van der Waals surface area contributed by atoms with E-state index in [-0.39, 0.29) is 5.75 Å². The summed E-state index contributed by atoms with van der Waals surface area (Å²) in [5.74, 6) is 0.176. The minimum Gasteiger partial charge on any atom is -0.336 e. The normalized spacial score (nSPS) is 11.4. The molecule has 2 nitrogen and oxygen atoms in total. The Morgan fingerprint density at radius 3 is 2.53 bits per heavy atom. The van der Waals surface area contributed by atoms with Gasteiger partial charge in [-0.1, -0.05) is 24.3 Å². The quantitative estimate of drug-likeness (QED) is 0.830. The molecule has 1 aromatic carbocycles. The van der Waals surface area contributed by atoms with Crippen LogP contribution in [0.3, 0.4) is 0 Å². The second-order valence-corrected chi connectivity index (χ2v) is 5.27. The smallest absolute Gasteiger partial charge is 0.336 e. The summed E-state index contributed by atoms with van der Waals surface area (Å²) in [5, 5.41) is 0. The number of alkyl halides is 3. The number of aryl methyl sites for hydroxylation is 1. The predicted octanol–water partition coefficient (Wildman–Crippen LogP) is 3.25. The topological polar surface area (TPSA) is 20.3 Å². The summed E-state index contributed by atoms with van der Waals surface area (Å²) in [4.78, 5) is 12.2. The monoisotopic (exact) mass is 291 g/mol. The number of rotatable bonds is 5. The van der Waals surface area contributed by atoms with Crippen molar-refractivity contribution in [1.82, 2.24) is 4.90 Å². The first kappa shape index (κ1) is 15.9. The van der Waals surface area contributed by atoms with Crippen molar-refractivity contribution < 1.29 is 18.0 Å². The third kappa shape index (κ3) is 6.00. The number of carbonyl (C=O) groups excluding carboxylic acids is 1. The van der Waals surface area contributed by atoms with Crippen molar-refractivity contribution in [2.75, 3.05) is 19.3 Å². The highest BCUT2D eigenvalue weighted by atomic mass is 32.2. The minimum absolute atomic E-state index is 0.0565. The van der Waals surface area contributed by atoms with E-state index in [4.69, 9.17) is 0 Å². The Kier molecular flexibility index (Phi) is 5.72. The molecule has 0 bridgehead atoms. The van der Waals surface area contributed by atoms with Gasteiger partial charge in [0.05, 0.1) is 5.75 Å². The van der Waals surface area contributed by atoms with Gasteiger partial charge in [0.1, 0.15) is 6.54 Å². The van der Waals surface area contributed by atoms with Gasteiger partial charge in [0.2, 0.25) is 5.91 Å². The van der Waals surface area contributed by atoms with E-state index in [0.29, 0.717) is 10.7 Å². The predicted molar refractivity (Wildman–Crippen MR) is 71.0 cm³/mol. The lowest BCUT2D eigenvalue weighted by Crippen LogP contribution is -2.36. The summed E-state index contributed by atoms with van der Waals surface area (Å²) >= 11 is 1.32. The van der Waals surface area contributed by atoms with Crippen LogP contribution >= 0.6 is 11.8 Å². The van der Waals surface area contributed by atoms with E-state index in [9.17, 15) is 18.0 Å². The molecule has 0 aliphatic carbocycles. The fourth-order valence-corrected chi connectivity index (χ4v) is 2.53. The van der Waals surface area contributed by atoms with Gasteiger partial charge in [0.25, 0.3) is 0 Å². The second kappa shape index (κ2) is 6.84. The number of amides is 1. The summed E-state index contributed by atoms with van der Waals surface area (Å²) in [6, 6.07) is 7.74. The molecule has 1 aromatic rings. The van der Waals surface area contributed by atoms with Gasteiger partial charge in [-0.3, -0.25) is 4.79 Å². The highest BCUT2D eigenvalue weighted by Crippen LogP contribution is 2.18. The Hall–Kier alpha value is -1.17. The SMILES string of the molecule is Cc1ccccc1CSCC(=O)N(C)CC(F)(F)F. The van der Waals surface area contributed by atoms with Crippen molar-refractivity contribution in [3.05, 3.63) is 35.4 Å². The molecule has 0 aliphatic rings. The van der Waals surface area contributed by atoms with Gasteiger partial charge in [0, 0.05) is 12.8 Å². The van der Waals surface area contributed by atoms with Crippen LogP contribution in [0.5, 0.6) is 0 Å². The third-order valence-electron chi connectivity index (χ3n) is 2.59. The van der Waals surface area contributed by atoms with Gasteiger partial charge in [0.15, 0.2) is 0 Å². The van der Waals surface area contributed by atoms with Gasteiger partial charge in [-0.15, -0.1) is 11.8 Å². The first-order chi connectivity index (χ1) is 8.79. The number of hydrogen-bond acceptors (Lipinski definition) is 2. The van der Waals surface area contributed by atoms with Crippen LogP contribution in [0.15, 0.2) is 24.3 Å². The minimum atomic E-state index is -4.34. The van der Waals surface area contributed by atoms with Gasteiger partial charge in [-0.25, -0.2) is 0 Å². The molecule has 0 radical (unpaired) electrons.